The average molecular weight is 335 g/mol. The monoisotopic (exact) mass is 335 g/mol. The zero-order valence-electron chi connectivity index (χ0n) is 14.4. The Labute approximate surface area is 142 Å². The summed E-state index contributed by atoms with van der Waals surface area (Å²) in [7, 11) is 3.33. The third kappa shape index (κ3) is 2.95. The standard InChI is InChI=1S/C19H26FNO3/c1-21(15-9-5-6-10-16(24-2)17(15)22)18(23)19(11-12-19)13-7-3-4-8-14(13)20/h3-4,7-8,15-17,22H,5-6,9-12H2,1-2H3/t15-,16-,17-/m1/s1. The van der Waals surface area contributed by atoms with Gasteiger partial charge in [0.25, 0.3) is 0 Å². The Morgan fingerprint density at radius 1 is 1.29 bits per heavy atom. The Kier molecular flexibility index (Phi) is 4.92. The van der Waals surface area contributed by atoms with Crippen LogP contribution in [-0.2, 0) is 14.9 Å². The van der Waals surface area contributed by atoms with Crippen LogP contribution in [0.5, 0.6) is 0 Å². The van der Waals surface area contributed by atoms with Gasteiger partial charge in [-0.2, -0.15) is 0 Å². The van der Waals surface area contributed by atoms with Crippen molar-refractivity contribution in [2.24, 2.45) is 0 Å². The Morgan fingerprint density at radius 2 is 1.96 bits per heavy atom. The normalized spacial score (nSPS) is 28.9. The molecule has 5 heteroatoms. The van der Waals surface area contributed by atoms with Crippen LogP contribution in [0.2, 0.25) is 0 Å². The topological polar surface area (TPSA) is 49.8 Å². The summed E-state index contributed by atoms with van der Waals surface area (Å²) in [5.74, 6) is -0.415. The molecule has 1 aromatic rings. The van der Waals surface area contributed by atoms with E-state index in [9.17, 15) is 14.3 Å². The molecule has 3 rings (SSSR count). The number of carbonyl (C=O) groups is 1. The Morgan fingerprint density at radius 3 is 2.58 bits per heavy atom. The summed E-state index contributed by atoms with van der Waals surface area (Å²) < 4.78 is 19.6. The second kappa shape index (κ2) is 6.81. The van der Waals surface area contributed by atoms with E-state index in [-0.39, 0.29) is 23.9 Å². The number of hydrogen-bond acceptors (Lipinski definition) is 3. The van der Waals surface area contributed by atoms with Crippen LogP contribution in [0.25, 0.3) is 0 Å². The van der Waals surface area contributed by atoms with Gasteiger partial charge in [-0.25, -0.2) is 4.39 Å². The fraction of sp³-hybridized carbons (Fsp3) is 0.632. The molecule has 132 valence electrons. The molecule has 2 aliphatic rings. The van der Waals surface area contributed by atoms with Crippen LogP contribution in [0.4, 0.5) is 4.39 Å². The van der Waals surface area contributed by atoms with Gasteiger partial charge in [-0.05, 0) is 31.7 Å². The molecule has 1 amide bonds. The number of likely N-dealkylation sites (N-methyl/N-ethyl adjacent to an activating group) is 1. The van der Waals surface area contributed by atoms with Crippen molar-refractivity contribution in [2.75, 3.05) is 14.2 Å². The predicted molar refractivity (Wildman–Crippen MR) is 89.1 cm³/mol. The van der Waals surface area contributed by atoms with Crippen molar-refractivity contribution in [3.05, 3.63) is 35.6 Å². The Bertz CT molecular complexity index is 602. The van der Waals surface area contributed by atoms with Crippen molar-refractivity contribution in [2.45, 2.75) is 62.2 Å². The first-order valence-electron chi connectivity index (χ1n) is 8.74. The zero-order valence-corrected chi connectivity index (χ0v) is 14.4. The number of methoxy groups -OCH3 is 1. The number of aliphatic hydroxyl groups excluding tert-OH is 1. The maximum atomic E-state index is 14.2. The van der Waals surface area contributed by atoms with Crippen LogP contribution < -0.4 is 0 Å². The van der Waals surface area contributed by atoms with Gasteiger partial charge < -0.3 is 14.7 Å². The fourth-order valence-electron chi connectivity index (χ4n) is 4.03. The molecule has 1 aromatic carbocycles. The van der Waals surface area contributed by atoms with Crippen LogP contribution in [0.1, 0.15) is 44.1 Å². The fourth-order valence-corrected chi connectivity index (χ4v) is 4.03. The quantitative estimate of drug-likeness (QED) is 0.861. The summed E-state index contributed by atoms with van der Waals surface area (Å²) in [6, 6.07) is 6.24. The maximum absolute atomic E-state index is 14.2. The molecule has 0 aromatic heterocycles. The third-order valence-electron chi connectivity index (χ3n) is 5.68. The van der Waals surface area contributed by atoms with Crippen molar-refractivity contribution >= 4 is 5.91 Å². The van der Waals surface area contributed by atoms with E-state index in [1.54, 1.807) is 37.3 Å². The molecule has 0 radical (unpaired) electrons. The van der Waals surface area contributed by atoms with Crippen LogP contribution in [0.15, 0.2) is 24.3 Å². The van der Waals surface area contributed by atoms with E-state index in [0.29, 0.717) is 18.4 Å². The molecule has 0 saturated heterocycles. The first kappa shape index (κ1) is 17.4. The van der Waals surface area contributed by atoms with E-state index >= 15 is 0 Å². The molecule has 0 spiro atoms. The molecule has 2 fully saturated rings. The van der Waals surface area contributed by atoms with Gasteiger partial charge in [0.05, 0.1) is 17.6 Å². The lowest BCUT2D eigenvalue weighted by atomic mass is 9.92. The van der Waals surface area contributed by atoms with Crippen molar-refractivity contribution in [1.82, 2.24) is 4.90 Å². The lowest BCUT2D eigenvalue weighted by Gasteiger charge is -2.35. The molecule has 2 saturated carbocycles. The molecule has 4 nitrogen and oxygen atoms in total. The summed E-state index contributed by atoms with van der Waals surface area (Å²) in [4.78, 5) is 14.8. The van der Waals surface area contributed by atoms with E-state index in [0.717, 1.165) is 25.7 Å². The van der Waals surface area contributed by atoms with Crippen LogP contribution in [-0.4, -0.2) is 48.3 Å². The Balaban J connectivity index is 1.83. The molecule has 0 aliphatic heterocycles. The first-order chi connectivity index (χ1) is 11.5. The summed E-state index contributed by atoms with van der Waals surface area (Å²) in [5, 5.41) is 10.6. The molecule has 3 atom stereocenters. The van der Waals surface area contributed by atoms with Gasteiger partial charge in [0.15, 0.2) is 0 Å². The van der Waals surface area contributed by atoms with E-state index < -0.39 is 11.5 Å². The van der Waals surface area contributed by atoms with Crippen LogP contribution in [0, 0.1) is 5.82 Å². The number of aliphatic hydroxyl groups is 1. The zero-order chi connectivity index (χ0) is 17.3. The highest BCUT2D eigenvalue weighted by Crippen LogP contribution is 2.50. The molecule has 1 N–H and O–H groups in total. The average Bonchev–Trinajstić information content (AvgIpc) is 3.39. The van der Waals surface area contributed by atoms with Crippen molar-refractivity contribution in [3.63, 3.8) is 0 Å². The highest BCUT2D eigenvalue weighted by Gasteiger charge is 2.55. The van der Waals surface area contributed by atoms with Gasteiger partial charge in [-0.15, -0.1) is 0 Å². The number of amides is 1. The highest BCUT2D eigenvalue weighted by molar-refractivity contribution is 5.91. The number of benzene rings is 1. The van der Waals surface area contributed by atoms with Crippen LogP contribution in [0.3, 0.4) is 0 Å². The molecule has 0 bridgehead atoms. The van der Waals surface area contributed by atoms with Crippen molar-refractivity contribution < 1.29 is 19.0 Å². The van der Waals surface area contributed by atoms with Crippen molar-refractivity contribution in [1.29, 1.82) is 0 Å². The summed E-state index contributed by atoms with van der Waals surface area (Å²) >= 11 is 0. The van der Waals surface area contributed by atoms with Gasteiger partial charge in [0, 0.05) is 19.7 Å². The second-order valence-corrected chi connectivity index (χ2v) is 7.09. The van der Waals surface area contributed by atoms with E-state index in [1.807, 2.05) is 0 Å². The van der Waals surface area contributed by atoms with Gasteiger partial charge in [-0.1, -0.05) is 31.0 Å². The van der Waals surface area contributed by atoms with Gasteiger partial charge in [0.1, 0.15) is 11.9 Å². The number of carbonyl (C=O) groups excluding carboxylic acids is 1. The molecular weight excluding hydrogens is 309 g/mol. The summed E-state index contributed by atoms with van der Waals surface area (Å²) in [6.45, 7) is 0. The van der Waals surface area contributed by atoms with Crippen molar-refractivity contribution in [3.8, 4) is 0 Å². The number of hydrogen-bond donors (Lipinski definition) is 1. The van der Waals surface area contributed by atoms with E-state index in [2.05, 4.69) is 0 Å². The number of halogens is 1. The SMILES string of the molecule is CO[C@@H]1CCCC[C@@H](N(C)C(=O)C2(c3ccccc3F)CC2)[C@H]1O. The van der Waals surface area contributed by atoms with E-state index in [4.69, 9.17) is 4.74 Å². The number of ether oxygens (including phenoxy) is 1. The summed E-state index contributed by atoms with van der Waals surface area (Å²) in [5.41, 5.74) is -0.275. The van der Waals surface area contributed by atoms with Gasteiger partial charge in [-0.3, -0.25) is 4.79 Å². The first-order valence-corrected chi connectivity index (χ1v) is 8.74. The largest absolute Gasteiger partial charge is 0.388 e. The van der Waals surface area contributed by atoms with E-state index in [1.165, 1.54) is 6.07 Å². The summed E-state index contributed by atoms with van der Waals surface area (Å²) in [6.07, 6.45) is 3.84. The molecule has 0 heterocycles. The minimum atomic E-state index is -0.755. The molecule has 2 aliphatic carbocycles. The highest BCUT2D eigenvalue weighted by atomic mass is 19.1. The number of nitrogens with zero attached hydrogens (tertiary/aromatic N) is 1. The molecular formula is C19H26FNO3. The predicted octanol–water partition coefficient (Wildman–Crippen LogP) is 2.63. The second-order valence-electron chi connectivity index (χ2n) is 7.09. The lowest BCUT2D eigenvalue weighted by Crippen LogP contribution is -2.51. The van der Waals surface area contributed by atoms with Crippen LogP contribution >= 0.6 is 0 Å². The number of rotatable bonds is 4. The minimum Gasteiger partial charge on any atom is -0.388 e. The third-order valence-corrected chi connectivity index (χ3v) is 5.68. The Hall–Kier alpha value is -1.46. The smallest absolute Gasteiger partial charge is 0.233 e. The molecule has 24 heavy (non-hydrogen) atoms. The minimum absolute atomic E-state index is 0.0894. The maximum Gasteiger partial charge on any atom is 0.233 e. The lowest BCUT2D eigenvalue weighted by molar-refractivity contribution is -0.140. The van der Waals surface area contributed by atoms with Gasteiger partial charge in [0.2, 0.25) is 5.91 Å². The van der Waals surface area contributed by atoms with Gasteiger partial charge >= 0.3 is 0 Å². The molecule has 0 unspecified atom stereocenters.